The number of halogens is 1. The van der Waals surface area contributed by atoms with Crippen molar-refractivity contribution in [1.29, 1.82) is 5.26 Å². The number of piperazine rings is 1. The minimum atomic E-state index is -0.0996. The number of ether oxygens (including phenoxy) is 1. The molecule has 1 aromatic rings. The minimum absolute atomic E-state index is 0.0163. The highest BCUT2D eigenvalue weighted by Gasteiger charge is 2.24. The minimum Gasteiger partial charge on any atom is -0.496 e. The summed E-state index contributed by atoms with van der Waals surface area (Å²) in [5, 5.41) is 8.93. The van der Waals surface area contributed by atoms with E-state index in [-0.39, 0.29) is 11.9 Å². The lowest BCUT2D eigenvalue weighted by Crippen LogP contribution is -2.51. The fourth-order valence-electron chi connectivity index (χ4n) is 2.38. The van der Waals surface area contributed by atoms with Crippen LogP contribution < -0.4 is 4.74 Å². The van der Waals surface area contributed by atoms with Crippen LogP contribution in [-0.4, -0.2) is 55.0 Å². The molecule has 1 aliphatic rings. The molecule has 21 heavy (non-hydrogen) atoms. The standard InChI is InChI=1S/C15H18BrN3O2/c1-11(10-17)18-5-7-19(8-6-18)15(20)12-3-4-14(21-2)13(16)9-12/h3-4,9,11H,5-8H2,1-2H3. The predicted octanol–water partition coefficient (Wildman–Crippen LogP) is 2.13. The Morgan fingerprint density at radius 3 is 2.57 bits per heavy atom. The van der Waals surface area contributed by atoms with Gasteiger partial charge in [-0.15, -0.1) is 0 Å². The molecule has 0 aliphatic carbocycles. The van der Waals surface area contributed by atoms with Gasteiger partial charge in [0.15, 0.2) is 0 Å². The van der Waals surface area contributed by atoms with Crippen molar-refractivity contribution in [3.8, 4) is 11.8 Å². The van der Waals surface area contributed by atoms with Gasteiger partial charge in [-0.25, -0.2) is 0 Å². The van der Waals surface area contributed by atoms with Crippen LogP contribution in [0, 0.1) is 11.3 Å². The van der Waals surface area contributed by atoms with E-state index in [1.165, 1.54) is 0 Å². The maximum absolute atomic E-state index is 12.5. The Kier molecular flexibility index (Phi) is 5.21. The Hall–Kier alpha value is -1.58. The predicted molar refractivity (Wildman–Crippen MR) is 83.2 cm³/mol. The van der Waals surface area contributed by atoms with E-state index in [4.69, 9.17) is 10.00 Å². The molecular formula is C15H18BrN3O2. The number of carbonyl (C=O) groups excluding carboxylic acids is 1. The fraction of sp³-hybridized carbons (Fsp3) is 0.467. The molecule has 6 heteroatoms. The van der Waals surface area contributed by atoms with Gasteiger partial charge in [0.25, 0.3) is 5.91 Å². The molecule has 1 amide bonds. The first-order chi connectivity index (χ1) is 10.1. The molecule has 2 rings (SSSR count). The summed E-state index contributed by atoms with van der Waals surface area (Å²) < 4.78 is 5.94. The largest absolute Gasteiger partial charge is 0.496 e. The summed E-state index contributed by atoms with van der Waals surface area (Å²) in [7, 11) is 1.59. The molecule has 112 valence electrons. The zero-order valence-electron chi connectivity index (χ0n) is 12.2. The molecule has 0 spiro atoms. The molecule has 1 atom stereocenters. The van der Waals surface area contributed by atoms with E-state index < -0.39 is 0 Å². The van der Waals surface area contributed by atoms with Crippen molar-refractivity contribution in [2.24, 2.45) is 0 Å². The van der Waals surface area contributed by atoms with Gasteiger partial charge in [0.2, 0.25) is 0 Å². The summed E-state index contributed by atoms with van der Waals surface area (Å²) in [6, 6.07) is 7.47. The van der Waals surface area contributed by atoms with Gasteiger partial charge in [-0.2, -0.15) is 5.26 Å². The van der Waals surface area contributed by atoms with Gasteiger partial charge in [-0.1, -0.05) is 0 Å². The van der Waals surface area contributed by atoms with Crippen molar-refractivity contribution in [2.75, 3.05) is 33.3 Å². The molecule has 1 fully saturated rings. The highest BCUT2D eigenvalue weighted by molar-refractivity contribution is 9.10. The number of nitriles is 1. The van der Waals surface area contributed by atoms with Gasteiger partial charge in [0, 0.05) is 31.7 Å². The molecule has 1 heterocycles. The monoisotopic (exact) mass is 351 g/mol. The molecule has 0 saturated carbocycles. The molecule has 0 radical (unpaired) electrons. The topological polar surface area (TPSA) is 56.6 Å². The van der Waals surface area contributed by atoms with Crippen LogP contribution in [0.5, 0.6) is 5.75 Å². The number of nitrogens with zero attached hydrogens (tertiary/aromatic N) is 3. The van der Waals surface area contributed by atoms with Crippen LogP contribution in [0.25, 0.3) is 0 Å². The third kappa shape index (κ3) is 3.55. The number of amides is 1. The third-order valence-electron chi connectivity index (χ3n) is 3.73. The van der Waals surface area contributed by atoms with Crippen LogP contribution >= 0.6 is 15.9 Å². The van der Waals surface area contributed by atoms with Crippen molar-refractivity contribution in [3.63, 3.8) is 0 Å². The zero-order valence-corrected chi connectivity index (χ0v) is 13.8. The van der Waals surface area contributed by atoms with Crippen LogP contribution in [-0.2, 0) is 0 Å². The van der Waals surface area contributed by atoms with Crippen LogP contribution in [0.15, 0.2) is 22.7 Å². The van der Waals surface area contributed by atoms with Crippen molar-refractivity contribution in [3.05, 3.63) is 28.2 Å². The Morgan fingerprint density at radius 2 is 2.05 bits per heavy atom. The van der Waals surface area contributed by atoms with E-state index in [1.807, 2.05) is 11.8 Å². The lowest BCUT2D eigenvalue weighted by atomic mass is 10.1. The third-order valence-corrected chi connectivity index (χ3v) is 4.35. The second-order valence-electron chi connectivity index (χ2n) is 4.98. The van der Waals surface area contributed by atoms with Crippen LogP contribution in [0.4, 0.5) is 0 Å². The summed E-state index contributed by atoms with van der Waals surface area (Å²) in [5.41, 5.74) is 0.643. The highest BCUT2D eigenvalue weighted by atomic mass is 79.9. The molecule has 1 aliphatic heterocycles. The number of hydrogen-bond acceptors (Lipinski definition) is 4. The number of carbonyl (C=O) groups is 1. The molecule has 0 aromatic heterocycles. The molecule has 1 saturated heterocycles. The van der Waals surface area contributed by atoms with Crippen LogP contribution in [0.1, 0.15) is 17.3 Å². The van der Waals surface area contributed by atoms with E-state index in [1.54, 1.807) is 25.3 Å². The summed E-state index contributed by atoms with van der Waals surface area (Å²) >= 11 is 3.40. The first kappa shape index (κ1) is 15.8. The van der Waals surface area contributed by atoms with Crippen molar-refractivity contribution < 1.29 is 9.53 Å². The highest BCUT2D eigenvalue weighted by Crippen LogP contribution is 2.26. The molecule has 0 bridgehead atoms. The number of methoxy groups -OCH3 is 1. The summed E-state index contributed by atoms with van der Waals surface area (Å²) in [4.78, 5) is 16.4. The maximum Gasteiger partial charge on any atom is 0.253 e. The van der Waals surface area contributed by atoms with E-state index >= 15 is 0 Å². The lowest BCUT2D eigenvalue weighted by Gasteiger charge is -2.35. The van der Waals surface area contributed by atoms with Gasteiger partial charge >= 0.3 is 0 Å². The molecular weight excluding hydrogens is 334 g/mol. The number of hydrogen-bond donors (Lipinski definition) is 0. The van der Waals surface area contributed by atoms with Crippen molar-refractivity contribution in [1.82, 2.24) is 9.80 Å². The van der Waals surface area contributed by atoms with E-state index in [2.05, 4.69) is 26.9 Å². The average molecular weight is 352 g/mol. The van der Waals surface area contributed by atoms with Crippen molar-refractivity contribution in [2.45, 2.75) is 13.0 Å². The van der Waals surface area contributed by atoms with E-state index in [9.17, 15) is 4.79 Å². The second kappa shape index (κ2) is 6.92. The first-order valence-electron chi connectivity index (χ1n) is 6.83. The molecule has 0 N–H and O–H groups in total. The Bertz CT molecular complexity index is 563. The Morgan fingerprint density at radius 1 is 1.38 bits per heavy atom. The van der Waals surface area contributed by atoms with Gasteiger partial charge < -0.3 is 9.64 Å². The summed E-state index contributed by atoms with van der Waals surface area (Å²) in [6.45, 7) is 4.65. The zero-order chi connectivity index (χ0) is 15.4. The first-order valence-corrected chi connectivity index (χ1v) is 7.62. The maximum atomic E-state index is 12.5. The summed E-state index contributed by atoms with van der Waals surface area (Å²) in [6.07, 6.45) is 0. The molecule has 1 unspecified atom stereocenters. The van der Waals surface area contributed by atoms with Gasteiger partial charge in [-0.3, -0.25) is 9.69 Å². The van der Waals surface area contributed by atoms with Gasteiger partial charge in [0.05, 0.1) is 23.7 Å². The van der Waals surface area contributed by atoms with Gasteiger partial charge in [-0.05, 0) is 41.1 Å². The van der Waals surface area contributed by atoms with Crippen molar-refractivity contribution >= 4 is 21.8 Å². The average Bonchev–Trinajstić information content (AvgIpc) is 2.53. The van der Waals surface area contributed by atoms with E-state index in [0.29, 0.717) is 24.4 Å². The summed E-state index contributed by atoms with van der Waals surface area (Å²) in [5.74, 6) is 0.724. The smallest absolute Gasteiger partial charge is 0.253 e. The normalized spacial score (nSPS) is 17.1. The SMILES string of the molecule is COc1ccc(C(=O)N2CCN(C(C)C#N)CC2)cc1Br. The Balaban J connectivity index is 2.02. The quantitative estimate of drug-likeness (QED) is 0.836. The Labute approximate surface area is 133 Å². The molecule has 5 nitrogen and oxygen atoms in total. The fourth-order valence-corrected chi connectivity index (χ4v) is 2.92. The second-order valence-corrected chi connectivity index (χ2v) is 5.84. The van der Waals surface area contributed by atoms with Crippen LogP contribution in [0.2, 0.25) is 0 Å². The van der Waals surface area contributed by atoms with Crippen LogP contribution in [0.3, 0.4) is 0 Å². The number of rotatable bonds is 3. The number of benzene rings is 1. The van der Waals surface area contributed by atoms with Gasteiger partial charge in [0.1, 0.15) is 5.75 Å². The lowest BCUT2D eigenvalue weighted by molar-refractivity contribution is 0.0615. The molecule has 1 aromatic carbocycles. The van der Waals surface area contributed by atoms with E-state index in [0.717, 1.165) is 17.6 Å².